The number of rotatable bonds is 2. The number of fused-ring (bicyclic) bond motifs is 1. The van der Waals surface area contributed by atoms with Gasteiger partial charge in [-0.05, 0) is 43.2 Å². The molecule has 3 aromatic rings. The van der Waals surface area contributed by atoms with Crippen molar-refractivity contribution in [3.63, 3.8) is 0 Å². The number of nitrogens with zero attached hydrogens (tertiary/aromatic N) is 3. The second-order valence-electron chi connectivity index (χ2n) is 5.14. The lowest BCUT2D eigenvalue weighted by Gasteiger charge is -2.00. The molecule has 4 rings (SSSR count). The van der Waals surface area contributed by atoms with Crippen LogP contribution in [0.4, 0.5) is 5.69 Å². The monoisotopic (exact) mass is 278 g/mol. The van der Waals surface area contributed by atoms with Crippen molar-refractivity contribution in [3.05, 3.63) is 47.7 Å². The third-order valence-corrected chi connectivity index (χ3v) is 3.61. The topological polar surface area (TPSA) is 63.8 Å². The van der Waals surface area contributed by atoms with Gasteiger partial charge < -0.3 is 9.84 Å². The Morgan fingerprint density at radius 1 is 1.14 bits per heavy atom. The van der Waals surface area contributed by atoms with Crippen LogP contribution in [0, 0.1) is 6.92 Å². The Kier molecular flexibility index (Phi) is 2.70. The minimum absolute atomic E-state index is 0.516. The third-order valence-electron chi connectivity index (χ3n) is 3.61. The first-order chi connectivity index (χ1) is 10.3. The molecule has 2 aromatic heterocycles. The highest BCUT2D eigenvalue weighted by Gasteiger charge is 2.15. The minimum Gasteiger partial charge on any atom is -0.384 e. The van der Waals surface area contributed by atoms with Crippen LogP contribution in [0.15, 0.2) is 40.9 Å². The standard InChI is InChI=1S/C16H14N4O/c1-10-3-2-4-13(18-10)15-19-16(21-20-15)12-6-5-11-7-8-17-14(11)9-12/h2-6,9,17H,7-8H2,1H3. The van der Waals surface area contributed by atoms with Gasteiger partial charge in [0.1, 0.15) is 5.69 Å². The number of aromatic nitrogens is 3. The maximum Gasteiger partial charge on any atom is 0.258 e. The van der Waals surface area contributed by atoms with Gasteiger partial charge in [-0.3, -0.25) is 0 Å². The molecule has 3 heterocycles. The summed E-state index contributed by atoms with van der Waals surface area (Å²) >= 11 is 0. The predicted octanol–water partition coefficient (Wildman–Crippen LogP) is 3.08. The maximum atomic E-state index is 5.38. The predicted molar refractivity (Wildman–Crippen MR) is 79.9 cm³/mol. The summed E-state index contributed by atoms with van der Waals surface area (Å²) < 4.78 is 5.38. The largest absolute Gasteiger partial charge is 0.384 e. The number of hydrogen-bond donors (Lipinski definition) is 1. The van der Waals surface area contributed by atoms with Gasteiger partial charge in [0.25, 0.3) is 5.89 Å². The van der Waals surface area contributed by atoms with Crippen LogP contribution in [-0.2, 0) is 6.42 Å². The van der Waals surface area contributed by atoms with Gasteiger partial charge in [-0.15, -0.1) is 0 Å². The SMILES string of the molecule is Cc1cccc(-c2noc(-c3ccc4c(c3)NCC4)n2)n1. The molecule has 0 aliphatic carbocycles. The third kappa shape index (κ3) is 2.16. The van der Waals surface area contributed by atoms with Gasteiger partial charge in [-0.2, -0.15) is 4.98 Å². The van der Waals surface area contributed by atoms with Crippen LogP contribution in [-0.4, -0.2) is 21.7 Å². The van der Waals surface area contributed by atoms with Crippen molar-refractivity contribution in [3.8, 4) is 23.0 Å². The van der Waals surface area contributed by atoms with Crippen LogP contribution in [0.2, 0.25) is 0 Å². The molecule has 5 nitrogen and oxygen atoms in total. The van der Waals surface area contributed by atoms with Gasteiger partial charge in [-0.1, -0.05) is 17.3 Å². The molecule has 0 amide bonds. The van der Waals surface area contributed by atoms with Crippen molar-refractivity contribution in [1.29, 1.82) is 0 Å². The van der Waals surface area contributed by atoms with Crippen LogP contribution >= 0.6 is 0 Å². The first-order valence-corrected chi connectivity index (χ1v) is 6.94. The van der Waals surface area contributed by atoms with Crippen molar-refractivity contribution in [1.82, 2.24) is 15.1 Å². The first kappa shape index (κ1) is 12.1. The van der Waals surface area contributed by atoms with Crippen molar-refractivity contribution < 1.29 is 4.52 Å². The van der Waals surface area contributed by atoms with E-state index >= 15 is 0 Å². The molecule has 0 fully saturated rings. The Hall–Kier alpha value is -2.69. The molecule has 5 heteroatoms. The Morgan fingerprint density at radius 3 is 3.00 bits per heavy atom. The molecule has 1 aromatic carbocycles. The molecule has 1 aliphatic rings. The van der Waals surface area contributed by atoms with Crippen molar-refractivity contribution >= 4 is 5.69 Å². The molecule has 0 bridgehead atoms. The molecular weight excluding hydrogens is 264 g/mol. The summed E-state index contributed by atoms with van der Waals surface area (Å²) in [5, 5.41) is 7.38. The summed E-state index contributed by atoms with van der Waals surface area (Å²) in [5.41, 5.74) is 5.07. The van der Waals surface area contributed by atoms with Gasteiger partial charge in [0.15, 0.2) is 0 Å². The lowest BCUT2D eigenvalue weighted by atomic mass is 10.1. The highest BCUT2D eigenvalue weighted by atomic mass is 16.5. The molecule has 0 saturated carbocycles. The zero-order valence-corrected chi connectivity index (χ0v) is 11.6. The van der Waals surface area contributed by atoms with E-state index < -0.39 is 0 Å². The van der Waals surface area contributed by atoms with Crippen molar-refractivity contribution in [2.75, 3.05) is 11.9 Å². The van der Waals surface area contributed by atoms with E-state index in [1.54, 1.807) is 0 Å². The fraction of sp³-hybridized carbons (Fsp3) is 0.188. The van der Waals surface area contributed by atoms with Crippen LogP contribution in [0.5, 0.6) is 0 Å². The number of pyridine rings is 1. The number of nitrogens with one attached hydrogen (secondary N) is 1. The minimum atomic E-state index is 0.516. The zero-order chi connectivity index (χ0) is 14.2. The van der Waals surface area contributed by atoms with Gasteiger partial charge in [0.2, 0.25) is 5.82 Å². The Labute approximate surface area is 122 Å². The molecule has 0 atom stereocenters. The van der Waals surface area contributed by atoms with Crippen LogP contribution in [0.1, 0.15) is 11.3 Å². The number of benzene rings is 1. The molecule has 21 heavy (non-hydrogen) atoms. The van der Waals surface area contributed by atoms with E-state index in [0.717, 1.165) is 35.6 Å². The lowest BCUT2D eigenvalue weighted by Crippen LogP contribution is -1.91. The molecule has 0 unspecified atom stereocenters. The van der Waals surface area contributed by atoms with Gasteiger partial charge >= 0.3 is 0 Å². The van der Waals surface area contributed by atoms with E-state index in [1.807, 2.05) is 31.2 Å². The number of anilines is 1. The Morgan fingerprint density at radius 2 is 2.10 bits per heavy atom. The van der Waals surface area contributed by atoms with Crippen molar-refractivity contribution in [2.24, 2.45) is 0 Å². The Bertz CT molecular complexity index is 810. The van der Waals surface area contributed by atoms with E-state index in [-0.39, 0.29) is 0 Å². The Balaban J connectivity index is 1.71. The van der Waals surface area contributed by atoms with Crippen molar-refractivity contribution in [2.45, 2.75) is 13.3 Å². The smallest absolute Gasteiger partial charge is 0.258 e. The molecule has 1 aliphatic heterocycles. The van der Waals surface area contributed by atoms with Gasteiger partial charge in [0, 0.05) is 23.5 Å². The van der Waals surface area contributed by atoms with Gasteiger partial charge in [-0.25, -0.2) is 4.98 Å². The van der Waals surface area contributed by atoms with Gasteiger partial charge in [0.05, 0.1) is 0 Å². The molecule has 0 radical (unpaired) electrons. The molecule has 0 spiro atoms. The maximum absolute atomic E-state index is 5.38. The normalized spacial score (nSPS) is 13.0. The first-order valence-electron chi connectivity index (χ1n) is 6.94. The highest BCUT2D eigenvalue weighted by Crippen LogP contribution is 2.29. The van der Waals surface area contributed by atoms with E-state index in [4.69, 9.17) is 4.52 Å². The highest BCUT2D eigenvalue weighted by molar-refractivity contribution is 5.67. The average molecular weight is 278 g/mol. The van der Waals surface area contributed by atoms with E-state index in [9.17, 15) is 0 Å². The fourth-order valence-electron chi connectivity index (χ4n) is 2.54. The van der Waals surface area contributed by atoms with E-state index in [2.05, 4.69) is 32.6 Å². The summed E-state index contributed by atoms with van der Waals surface area (Å²) in [7, 11) is 0. The van der Waals surface area contributed by atoms with E-state index in [1.165, 1.54) is 5.56 Å². The summed E-state index contributed by atoms with van der Waals surface area (Å²) in [6, 6.07) is 11.9. The average Bonchev–Trinajstić information content (AvgIpc) is 3.15. The second-order valence-corrected chi connectivity index (χ2v) is 5.14. The fourth-order valence-corrected chi connectivity index (χ4v) is 2.54. The number of hydrogen-bond acceptors (Lipinski definition) is 5. The van der Waals surface area contributed by atoms with Crippen LogP contribution < -0.4 is 5.32 Å². The lowest BCUT2D eigenvalue weighted by molar-refractivity contribution is 0.432. The number of aryl methyl sites for hydroxylation is 1. The van der Waals surface area contributed by atoms with E-state index in [0.29, 0.717) is 11.7 Å². The summed E-state index contributed by atoms with van der Waals surface area (Å²) in [5.74, 6) is 1.03. The zero-order valence-electron chi connectivity index (χ0n) is 11.6. The molecule has 104 valence electrons. The second kappa shape index (κ2) is 4.70. The molecule has 1 N–H and O–H groups in total. The summed E-state index contributed by atoms with van der Waals surface area (Å²) in [4.78, 5) is 8.86. The van der Waals surface area contributed by atoms with Crippen LogP contribution in [0.3, 0.4) is 0 Å². The molecular formula is C16H14N4O. The molecule has 0 saturated heterocycles. The van der Waals surface area contributed by atoms with Crippen LogP contribution in [0.25, 0.3) is 23.0 Å². The summed E-state index contributed by atoms with van der Waals surface area (Å²) in [6.07, 6.45) is 1.07. The quantitative estimate of drug-likeness (QED) is 0.780. The summed E-state index contributed by atoms with van der Waals surface area (Å²) in [6.45, 7) is 2.93.